The number of rotatable bonds is 6. The minimum absolute atomic E-state index is 0.0161. The van der Waals surface area contributed by atoms with Crippen LogP contribution in [0.3, 0.4) is 0 Å². The lowest BCUT2D eigenvalue weighted by Crippen LogP contribution is -2.16. The van der Waals surface area contributed by atoms with Crippen LogP contribution in [-0.2, 0) is 9.53 Å². The van der Waals surface area contributed by atoms with E-state index in [2.05, 4.69) is 0 Å². The Kier molecular flexibility index (Phi) is 6.54. The van der Waals surface area contributed by atoms with Crippen LogP contribution in [0.1, 0.15) is 33.1 Å². The predicted octanol–water partition coefficient (Wildman–Crippen LogP) is 0.462. The van der Waals surface area contributed by atoms with Crippen molar-refractivity contribution in [3.05, 3.63) is 0 Å². The van der Waals surface area contributed by atoms with Gasteiger partial charge in [0.2, 0.25) is 0 Å². The number of esters is 1. The molecule has 0 heterocycles. The monoisotopic (exact) mass is 190 g/mol. The summed E-state index contributed by atoms with van der Waals surface area (Å²) >= 11 is 0. The van der Waals surface area contributed by atoms with E-state index in [1.54, 1.807) is 0 Å². The van der Waals surface area contributed by atoms with Crippen molar-refractivity contribution in [1.29, 1.82) is 0 Å². The van der Waals surface area contributed by atoms with E-state index in [0.29, 0.717) is 12.8 Å². The van der Waals surface area contributed by atoms with Crippen molar-refractivity contribution < 1.29 is 19.7 Å². The summed E-state index contributed by atoms with van der Waals surface area (Å²) in [4.78, 5) is 10.9. The molecule has 0 spiro atoms. The maximum Gasteiger partial charge on any atom is 0.308 e. The van der Waals surface area contributed by atoms with Crippen LogP contribution in [-0.4, -0.2) is 35.0 Å². The lowest BCUT2D eigenvalue weighted by Gasteiger charge is -2.08. The van der Waals surface area contributed by atoms with Crippen LogP contribution in [0.2, 0.25) is 0 Å². The Morgan fingerprint density at radius 1 is 1.46 bits per heavy atom. The second-order valence-electron chi connectivity index (χ2n) is 3.12. The standard InChI is InChI=1S/C9H18O4/c1-3-8(11)4-5-13-9(12)6-7(2)10/h7-8,10-11H,3-6H2,1-2H3. The van der Waals surface area contributed by atoms with Crippen molar-refractivity contribution in [2.24, 2.45) is 0 Å². The summed E-state index contributed by atoms with van der Waals surface area (Å²) in [7, 11) is 0. The number of hydrogen-bond acceptors (Lipinski definition) is 4. The van der Waals surface area contributed by atoms with Gasteiger partial charge in [-0.3, -0.25) is 4.79 Å². The molecule has 0 saturated heterocycles. The second kappa shape index (κ2) is 6.86. The molecule has 0 aliphatic heterocycles. The first kappa shape index (κ1) is 12.4. The molecule has 0 aromatic rings. The van der Waals surface area contributed by atoms with Gasteiger partial charge >= 0.3 is 5.97 Å². The highest BCUT2D eigenvalue weighted by atomic mass is 16.5. The fraction of sp³-hybridized carbons (Fsp3) is 0.889. The smallest absolute Gasteiger partial charge is 0.308 e. The molecule has 78 valence electrons. The summed E-state index contributed by atoms with van der Waals surface area (Å²) in [6.45, 7) is 3.62. The average molecular weight is 190 g/mol. The van der Waals surface area contributed by atoms with E-state index in [1.165, 1.54) is 6.92 Å². The van der Waals surface area contributed by atoms with Gasteiger partial charge in [0.1, 0.15) is 0 Å². The Hall–Kier alpha value is -0.610. The van der Waals surface area contributed by atoms with Crippen LogP contribution >= 0.6 is 0 Å². The van der Waals surface area contributed by atoms with E-state index in [0.717, 1.165) is 0 Å². The fourth-order valence-corrected chi connectivity index (χ4v) is 0.813. The number of carbonyl (C=O) groups is 1. The van der Waals surface area contributed by atoms with Gasteiger partial charge in [0, 0.05) is 6.42 Å². The zero-order chi connectivity index (χ0) is 10.3. The number of aliphatic hydroxyl groups is 2. The van der Waals surface area contributed by atoms with E-state index in [9.17, 15) is 4.79 Å². The van der Waals surface area contributed by atoms with E-state index in [1.807, 2.05) is 6.92 Å². The predicted molar refractivity (Wildman–Crippen MR) is 48.2 cm³/mol. The van der Waals surface area contributed by atoms with Crippen LogP contribution in [0.4, 0.5) is 0 Å². The zero-order valence-electron chi connectivity index (χ0n) is 8.19. The quantitative estimate of drug-likeness (QED) is 0.597. The van der Waals surface area contributed by atoms with E-state index < -0.39 is 18.2 Å². The van der Waals surface area contributed by atoms with Gasteiger partial charge in [-0.25, -0.2) is 0 Å². The van der Waals surface area contributed by atoms with Crippen molar-refractivity contribution >= 4 is 5.97 Å². The molecule has 2 unspecified atom stereocenters. The van der Waals surface area contributed by atoms with Gasteiger partial charge < -0.3 is 14.9 Å². The molecule has 4 heteroatoms. The second-order valence-corrected chi connectivity index (χ2v) is 3.12. The van der Waals surface area contributed by atoms with Gasteiger partial charge in [-0.05, 0) is 13.3 Å². The molecule has 2 atom stereocenters. The van der Waals surface area contributed by atoms with Crippen molar-refractivity contribution in [3.8, 4) is 0 Å². The lowest BCUT2D eigenvalue weighted by molar-refractivity contribution is -0.146. The molecule has 0 amide bonds. The summed E-state index contributed by atoms with van der Waals surface area (Å²) in [5.41, 5.74) is 0. The highest BCUT2D eigenvalue weighted by Crippen LogP contribution is 1.99. The third-order valence-electron chi connectivity index (χ3n) is 1.65. The van der Waals surface area contributed by atoms with Crippen molar-refractivity contribution in [2.45, 2.75) is 45.3 Å². The summed E-state index contributed by atoms with van der Waals surface area (Å²) in [5, 5.41) is 17.9. The third kappa shape index (κ3) is 7.74. The fourth-order valence-electron chi connectivity index (χ4n) is 0.813. The summed E-state index contributed by atoms with van der Waals surface area (Å²) < 4.78 is 4.77. The number of carbonyl (C=O) groups excluding carboxylic acids is 1. The lowest BCUT2D eigenvalue weighted by atomic mass is 10.2. The summed E-state index contributed by atoms with van der Waals surface area (Å²) in [6, 6.07) is 0. The minimum Gasteiger partial charge on any atom is -0.466 e. The summed E-state index contributed by atoms with van der Waals surface area (Å²) in [5.74, 6) is -0.418. The molecule has 0 radical (unpaired) electrons. The van der Waals surface area contributed by atoms with Crippen LogP contribution in [0.15, 0.2) is 0 Å². The highest BCUT2D eigenvalue weighted by Gasteiger charge is 2.08. The molecule has 4 nitrogen and oxygen atoms in total. The number of aliphatic hydroxyl groups excluding tert-OH is 2. The van der Waals surface area contributed by atoms with Crippen LogP contribution < -0.4 is 0 Å². The maximum absolute atomic E-state index is 10.9. The molecular weight excluding hydrogens is 172 g/mol. The Bertz CT molecular complexity index is 145. The molecule has 0 fully saturated rings. The van der Waals surface area contributed by atoms with Crippen LogP contribution in [0, 0.1) is 0 Å². The Morgan fingerprint density at radius 3 is 2.54 bits per heavy atom. The maximum atomic E-state index is 10.9. The molecule has 0 rings (SSSR count). The highest BCUT2D eigenvalue weighted by molar-refractivity contribution is 5.69. The largest absolute Gasteiger partial charge is 0.466 e. The van der Waals surface area contributed by atoms with Crippen molar-refractivity contribution in [2.75, 3.05) is 6.61 Å². The average Bonchev–Trinajstić information content (AvgIpc) is 2.02. The zero-order valence-corrected chi connectivity index (χ0v) is 8.19. The molecular formula is C9H18O4. The van der Waals surface area contributed by atoms with Gasteiger partial charge in [0.05, 0.1) is 25.2 Å². The molecule has 0 aliphatic rings. The van der Waals surface area contributed by atoms with E-state index in [4.69, 9.17) is 14.9 Å². The SMILES string of the molecule is CCC(O)CCOC(=O)CC(C)O. The Balaban J connectivity index is 3.37. The first-order valence-electron chi connectivity index (χ1n) is 4.58. The molecule has 0 aliphatic carbocycles. The topological polar surface area (TPSA) is 66.8 Å². The van der Waals surface area contributed by atoms with Crippen LogP contribution in [0.25, 0.3) is 0 Å². The molecule has 2 N–H and O–H groups in total. The molecule has 0 aromatic heterocycles. The van der Waals surface area contributed by atoms with Crippen LogP contribution in [0.5, 0.6) is 0 Å². The van der Waals surface area contributed by atoms with Gasteiger partial charge in [-0.2, -0.15) is 0 Å². The molecule has 0 bridgehead atoms. The van der Waals surface area contributed by atoms with E-state index >= 15 is 0 Å². The van der Waals surface area contributed by atoms with Crippen molar-refractivity contribution in [3.63, 3.8) is 0 Å². The molecule has 0 saturated carbocycles. The molecule has 13 heavy (non-hydrogen) atoms. The minimum atomic E-state index is -0.663. The summed E-state index contributed by atoms with van der Waals surface area (Å²) in [6.07, 6.45) is 0.0704. The Labute approximate surface area is 78.5 Å². The number of ether oxygens (including phenoxy) is 1. The van der Waals surface area contributed by atoms with Crippen molar-refractivity contribution in [1.82, 2.24) is 0 Å². The van der Waals surface area contributed by atoms with Gasteiger partial charge in [-0.15, -0.1) is 0 Å². The third-order valence-corrected chi connectivity index (χ3v) is 1.65. The van der Waals surface area contributed by atoms with Gasteiger partial charge in [-0.1, -0.05) is 6.92 Å². The Morgan fingerprint density at radius 2 is 2.08 bits per heavy atom. The molecule has 0 aromatic carbocycles. The first-order valence-corrected chi connectivity index (χ1v) is 4.58. The normalized spacial score (nSPS) is 15.1. The van der Waals surface area contributed by atoms with E-state index in [-0.39, 0.29) is 13.0 Å². The van der Waals surface area contributed by atoms with Gasteiger partial charge in [0.25, 0.3) is 0 Å². The number of hydrogen-bond donors (Lipinski definition) is 2. The first-order chi connectivity index (χ1) is 6.06. The van der Waals surface area contributed by atoms with Gasteiger partial charge in [0.15, 0.2) is 0 Å².